The highest BCUT2D eigenvalue weighted by atomic mass is 16.3. The van der Waals surface area contributed by atoms with Crippen LogP contribution in [-0.2, 0) is 4.79 Å². The van der Waals surface area contributed by atoms with Crippen molar-refractivity contribution in [3.8, 4) is 0 Å². The lowest BCUT2D eigenvalue weighted by Gasteiger charge is -2.25. The smallest absolute Gasteiger partial charge is 0.222 e. The van der Waals surface area contributed by atoms with Crippen molar-refractivity contribution in [2.45, 2.75) is 46.1 Å². The summed E-state index contributed by atoms with van der Waals surface area (Å²) in [4.78, 5) is 13.3. The Bertz CT molecular complexity index is 215. The van der Waals surface area contributed by atoms with E-state index in [1.54, 1.807) is 18.9 Å². The summed E-state index contributed by atoms with van der Waals surface area (Å²) in [7, 11) is 1.73. The van der Waals surface area contributed by atoms with Crippen LogP contribution in [0.15, 0.2) is 0 Å². The first kappa shape index (κ1) is 15.4. The highest BCUT2D eigenvalue weighted by Gasteiger charge is 2.20. The third kappa shape index (κ3) is 6.80. The van der Waals surface area contributed by atoms with Crippen molar-refractivity contribution in [3.05, 3.63) is 0 Å². The van der Waals surface area contributed by atoms with E-state index in [2.05, 4.69) is 13.8 Å². The van der Waals surface area contributed by atoms with Crippen molar-refractivity contribution >= 4 is 5.91 Å². The number of likely N-dealkylation sites (N-methyl/N-ethyl adjacent to an activating group) is 1. The Morgan fingerprint density at radius 1 is 1.44 bits per heavy atom. The second kappa shape index (κ2) is 6.86. The van der Waals surface area contributed by atoms with Crippen LogP contribution >= 0.6 is 0 Å². The molecule has 0 fully saturated rings. The number of rotatable bonds is 7. The lowest BCUT2D eigenvalue weighted by atomic mass is 9.84. The van der Waals surface area contributed by atoms with Gasteiger partial charge in [0.2, 0.25) is 5.91 Å². The minimum Gasteiger partial charge on any atom is -0.392 e. The molecule has 96 valence electrons. The standard InChI is InChI=1S/C12H26N2O2/c1-10(15)9-14(4)11(16)5-6-12(2,3)7-8-13/h10,15H,5-9,13H2,1-4H3. The first-order valence-corrected chi connectivity index (χ1v) is 5.90. The zero-order valence-electron chi connectivity index (χ0n) is 11.0. The summed E-state index contributed by atoms with van der Waals surface area (Å²) in [6.07, 6.45) is 1.83. The zero-order valence-corrected chi connectivity index (χ0v) is 11.0. The summed E-state index contributed by atoms with van der Waals surface area (Å²) in [5.74, 6) is 0.0889. The largest absolute Gasteiger partial charge is 0.392 e. The summed E-state index contributed by atoms with van der Waals surface area (Å²) in [5, 5.41) is 9.17. The van der Waals surface area contributed by atoms with E-state index in [0.717, 1.165) is 12.8 Å². The highest BCUT2D eigenvalue weighted by Crippen LogP contribution is 2.26. The normalized spacial score (nSPS) is 13.6. The fourth-order valence-corrected chi connectivity index (χ4v) is 1.65. The third-order valence-electron chi connectivity index (χ3n) is 2.80. The van der Waals surface area contributed by atoms with Gasteiger partial charge in [-0.05, 0) is 31.7 Å². The summed E-state index contributed by atoms with van der Waals surface area (Å²) in [6.45, 7) is 6.99. The van der Waals surface area contributed by atoms with Crippen molar-refractivity contribution in [3.63, 3.8) is 0 Å². The maximum atomic E-state index is 11.7. The van der Waals surface area contributed by atoms with Gasteiger partial charge in [-0.2, -0.15) is 0 Å². The van der Waals surface area contributed by atoms with Crippen LogP contribution in [-0.4, -0.2) is 42.2 Å². The molecule has 4 heteroatoms. The van der Waals surface area contributed by atoms with E-state index in [4.69, 9.17) is 5.73 Å². The van der Waals surface area contributed by atoms with E-state index < -0.39 is 6.10 Å². The Morgan fingerprint density at radius 3 is 2.44 bits per heavy atom. The highest BCUT2D eigenvalue weighted by molar-refractivity contribution is 5.75. The predicted molar refractivity (Wildman–Crippen MR) is 66.0 cm³/mol. The Kier molecular flexibility index (Phi) is 6.60. The molecule has 0 aromatic carbocycles. The van der Waals surface area contributed by atoms with Gasteiger partial charge in [-0.15, -0.1) is 0 Å². The number of nitrogens with zero attached hydrogens (tertiary/aromatic N) is 1. The molecule has 0 saturated heterocycles. The molecule has 0 aliphatic carbocycles. The number of carbonyl (C=O) groups excluding carboxylic acids is 1. The maximum absolute atomic E-state index is 11.7. The van der Waals surface area contributed by atoms with Crippen LogP contribution in [0.25, 0.3) is 0 Å². The number of hydrogen-bond acceptors (Lipinski definition) is 3. The van der Waals surface area contributed by atoms with Crippen LogP contribution in [0.3, 0.4) is 0 Å². The minimum atomic E-state index is -0.467. The molecule has 1 atom stereocenters. The molecular formula is C12H26N2O2. The molecule has 0 radical (unpaired) electrons. The third-order valence-corrected chi connectivity index (χ3v) is 2.80. The molecule has 0 bridgehead atoms. The topological polar surface area (TPSA) is 66.6 Å². The van der Waals surface area contributed by atoms with Gasteiger partial charge in [-0.25, -0.2) is 0 Å². The molecule has 0 spiro atoms. The van der Waals surface area contributed by atoms with Crippen LogP contribution in [0.1, 0.15) is 40.0 Å². The molecule has 0 saturated carbocycles. The second-order valence-corrected chi connectivity index (χ2v) is 5.33. The Hall–Kier alpha value is -0.610. The van der Waals surface area contributed by atoms with E-state index in [1.807, 2.05) is 0 Å². The molecule has 1 unspecified atom stereocenters. The Balaban J connectivity index is 3.97. The number of amides is 1. The first-order valence-electron chi connectivity index (χ1n) is 5.90. The predicted octanol–water partition coefficient (Wildman–Crippen LogP) is 0.981. The van der Waals surface area contributed by atoms with Gasteiger partial charge < -0.3 is 15.7 Å². The molecule has 0 aromatic rings. The fraction of sp³-hybridized carbons (Fsp3) is 0.917. The summed E-state index contributed by atoms with van der Waals surface area (Å²) >= 11 is 0. The number of nitrogens with two attached hydrogens (primary N) is 1. The van der Waals surface area contributed by atoms with E-state index in [1.165, 1.54) is 0 Å². The molecule has 0 heterocycles. The van der Waals surface area contributed by atoms with Crippen LogP contribution in [0, 0.1) is 5.41 Å². The van der Waals surface area contributed by atoms with Gasteiger partial charge >= 0.3 is 0 Å². The first-order chi connectivity index (χ1) is 7.28. The van der Waals surface area contributed by atoms with Crippen molar-refractivity contribution in [1.29, 1.82) is 0 Å². The summed E-state index contributed by atoms with van der Waals surface area (Å²) < 4.78 is 0. The molecule has 3 N–H and O–H groups in total. The lowest BCUT2D eigenvalue weighted by molar-refractivity contribution is -0.131. The zero-order chi connectivity index (χ0) is 12.8. The van der Waals surface area contributed by atoms with E-state index in [0.29, 0.717) is 19.5 Å². The van der Waals surface area contributed by atoms with Gasteiger partial charge in [0, 0.05) is 20.0 Å². The van der Waals surface area contributed by atoms with Crippen molar-refractivity contribution in [2.75, 3.05) is 20.1 Å². The van der Waals surface area contributed by atoms with Crippen molar-refractivity contribution < 1.29 is 9.90 Å². The molecule has 4 nitrogen and oxygen atoms in total. The minimum absolute atomic E-state index is 0.0889. The maximum Gasteiger partial charge on any atom is 0.222 e. The molecular weight excluding hydrogens is 204 g/mol. The van der Waals surface area contributed by atoms with Crippen LogP contribution in [0.4, 0.5) is 0 Å². The number of hydrogen-bond donors (Lipinski definition) is 2. The van der Waals surface area contributed by atoms with E-state index in [9.17, 15) is 9.90 Å². The summed E-state index contributed by atoms with van der Waals surface area (Å²) in [6, 6.07) is 0. The van der Waals surface area contributed by atoms with Crippen molar-refractivity contribution in [2.24, 2.45) is 11.1 Å². The average Bonchev–Trinajstić information content (AvgIpc) is 2.13. The van der Waals surface area contributed by atoms with E-state index in [-0.39, 0.29) is 11.3 Å². The molecule has 0 aromatic heterocycles. The average molecular weight is 230 g/mol. The fourth-order valence-electron chi connectivity index (χ4n) is 1.65. The SMILES string of the molecule is CC(O)CN(C)C(=O)CCC(C)(C)CCN. The number of carbonyl (C=O) groups is 1. The van der Waals surface area contributed by atoms with Gasteiger partial charge in [0.15, 0.2) is 0 Å². The van der Waals surface area contributed by atoms with Crippen LogP contribution in [0.5, 0.6) is 0 Å². The van der Waals surface area contributed by atoms with Gasteiger partial charge in [0.25, 0.3) is 0 Å². The van der Waals surface area contributed by atoms with Gasteiger partial charge in [-0.1, -0.05) is 13.8 Å². The van der Waals surface area contributed by atoms with Gasteiger partial charge in [0.1, 0.15) is 0 Å². The Labute approximate surface area is 98.8 Å². The monoisotopic (exact) mass is 230 g/mol. The second-order valence-electron chi connectivity index (χ2n) is 5.33. The molecule has 0 rings (SSSR count). The van der Waals surface area contributed by atoms with Gasteiger partial charge in [-0.3, -0.25) is 4.79 Å². The molecule has 1 amide bonds. The Morgan fingerprint density at radius 2 is 2.00 bits per heavy atom. The summed E-state index contributed by atoms with van der Waals surface area (Å²) in [5.41, 5.74) is 5.64. The number of aliphatic hydroxyl groups is 1. The lowest BCUT2D eigenvalue weighted by Crippen LogP contribution is -2.33. The number of aliphatic hydroxyl groups excluding tert-OH is 1. The van der Waals surface area contributed by atoms with E-state index >= 15 is 0 Å². The van der Waals surface area contributed by atoms with Crippen molar-refractivity contribution in [1.82, 2.24) is 4.90 Å². The van der Waals surface area contributed by atoms with Crippen LogP contribution < -0.4 is 5.73 Å². The van der Waals surface area contributed by atoms with Crippen LogP contribution in [0.2, 0.25) is 0 Å². The molecule has 0 aliphatic rings. The quantitative estimate of drug-likeness (QED) is 0.685. The van der Waals surface area contributed by atoms with Gasteiger partial charge in [0.05, 0.1) is 6.10 Å². The molecule has 0 aliphatic heterocycles. The molecule has 16 heavy (non-hydrogen) atoms.